The first-order valence-corrected chi connectivity index (χ1v) is 14.1. The van der Waals surface area contributed by atoms with E-state index in [1.54, 1.807) is 50.2 Å². The minimum absolute atomic E-state index is 0.0540. The summed E-state index contributed by atoms with van der Waals surface area (Å²) in [7, 11) is -4.06. The molecular formula is C28H28F3N3O5S. The molecule has 12 heteroatoms. The Morgan fingerprint density at radius 3 is 2.48 bits per heavy atom. The molecule has 40 heavy (non-hydrogen) atoms. The van der Waals surface area contributed by atoms with Crippen molar-refractivity contribution in [3.8, 4) is 16.9 Å². The molecule has 2 aliphatic rings. The smallest absolute Gasteiger partial charge is 0.387 e. The monoisotopic (exact) mass is 575 g/mol. The molecule has 3 aromatic carbocycles. The minimum atomic E-state index is -4.06. The zero-order chi connectivity index (χ0) is 28.8. The normalized spacial score (nSPS) is 18.3. The van der Waals surface area contributed by atoms with E-state index in [-0.39, 0.29) is 28.8 Å². The van der Waals surface area contributed by atoms with E-state index in [9.17, 15) is 31.5 Å². The van der Waals surface area contributed by atoms with E-state index in [4.69, 9.17) is 0 Å². The Balaban J connectivity index is 1.61. The van der Waals surface area contributed by atoms with Gasteiger partial charge < -0.3 is 14.7 Å². The van der Waals surface area contributed by atoms with Gasteiger partial charge in [0.1, 0.15) is 17.6 Å². The zero-order valence-electron chi connectivity index (χ0n) is 21.8. The molecule has 2 atom stereocenters. The number of carboxylic acid groups (broad SMARTS) is 1. The van der Waals surface area contributed by atoms with Gasteiger partial charge in [-0.15, -0.1) is 0 Å². The molecule has 1 saturated heterocycles. The molecule has 0 spiro atoms. The molecule has 5 rings (SSSR count). The van der Waals surface area contributed by atoms with Gasteiger partial charge in [-0.1, -0.05) is 18.2 Å². The van der Waals surface area contributed by atoms with E-state index >= 15 is 0 Å². The minimum Gasteiger partial charge on any atom is -0.480 e. The SMILES string of the molecule is Cc1cccc(S(=O)(=O)N2C[C@@H]3CN([C@H](C)C(=O)O)CCN3c3ccc(-c4cc(F)cc(OC(F)F)c4)cc32)c1. The zero-order valence-corrected chi connectivity index (χ0v) is 22.6. The average Bonchev–Trinajstić information content (AvgIpc) is 2.90. The van der Waals surface area contributed by atoms with Crippen molar-refractivity contribution in [1.29, 1.82) is 0 Å². The summed E-state index contributed by atoms with van der Waals surface area (Å²) in [6, 6.07) is 13.8. The van der Waals surface area contributed by atoms with Crippen LogP contribution < -0.4 is 13.9 Å². The molecule has 1 N–H and O–H groups in total. The van der Waals surface area contributed by atoms with Crippen molar-refractivity contribution >= 4 is 27.4 Å². The van der Waals surface area contributed by atoms with Crippen LogP contribution in [0.1, 0.15) is 12.5 Å². The number of aliphatic carboxylic acids is 1. The summed E-state index contributed by atoms with van der Waals surface area (Å²) in [4.78, 5) is 15.6. The van der Waals surface area contributed by atoms with E-state index in [1.807, 2.05) is 4.90 Å². The van der Waals surface area contributed by atoms with Gasteiger partial charge in [0.2, 0.25) is 0 Å². The number of piperazine rings is 1. The highest BCUT2D eigenvalue weighted by atomic mass is 32.2. The Hall–Kier alpha value is -3.77. The fourth-order valence-corrected chi connectivity index (χ4v) is 6.94. The fourth-order valence-electron chi connectivity index (χ4n) is 5.33. The van der Waals surface area contributed by atoms with Crippen LogP contribution in [0.5, 0.6) is 5.75 Å². The van der Waals surface area contributed by atoms with Gasteiger partial charge in [0.15, 0.2) is 0 Å². The lowest BCUT2D eigenvalue weighted by Crippen LogP contribution is -2.62. The van der Waals surface area contributed by atoms with Gasteiger partial charge >= 0.3 is 12.6 Å². The van der Waals surface area contributed by atoms with Crippen LogP contribution >= 0.6 is 0 Å². The molecular weight excluding hydrogens is 547 g/mol. The average molecular weight is 576 g/mol. The van der Waals surface area contributed by atoms with Crippen LogP contribution in [0, 0.1) is 12.7 Å². The fraction of sp³-hybridized carbons (Fsp3) is 0.321. The summed E-state index contributed by atoms with van der Waals surface area (Å²) in [6.07, 6.45) is 0. The second-order valence-electron chi connectivity index (χ2n) is 9.97. The molecule has 2 aliphatic heterocycles. The molecule has 1 fully saturated rings. The molecule has 2 heterocycles. The number of nitrogens with zero attached hydrogens (tertiary/aromatic N) is 3. The maximum absolute atomic E-state index is 14.3. The standard InChI is InChI=1S/C28H28F3N3O5S/c1-17-4-3-5-24(10-17)40(37,38)34-16-22-15-32(18(2)27(35)36)8-9-33(22)25-7-6-19(13-26(25)34)20-11-21(29)14-23(12-20)39-28(30)31/h3-7,10-14,18,22,28H,8-9,15-16H2,1-2H3,(H,35,36)/t18-,22+/m1/s1. The predicted octanol–water partition coefficient (Wildman–Crippen LogP) is 4.58. The Morgan fingerprint density at radius 2 is 1.77 bits per heavy atom. The van der Waals surface area contributed by atoms with Gasteiger partial charge in [-0.2, -0.15) is 8.78 Å². The van der Waals surface area contributed by atoms with Crippen LogP contribution in [0.15, 0.2) is 65.6 Å². The number of carbonyl (C=O) groups is 1. The molecule has 3 aromatic rings. The lowest BCUT2D eigenvalue weighted by atomic mass is 9.99. The van der Waals surface area contributed by atoms with Crippen LogP contribution in [-0.4, -0.2) is 69.3 Å². The van der Waals surface area contributed by atoms with Crippen molar-refractivity contribution in [3.63, 3.8) is 0 Å². The van der Waals surface area contributed by atoms with Crippen LogP contribution in [0.3, 0.4) is 0 Å². The van der Waals surface area contributed by atoms with E-state index in [0.29, 0.717) is 36.6 Å². The summed E-state index contributed by atoms with van der Waals surface area (Å²) < 4.78 is 73.7. The highest BCUT2D eigenvalue weighted by Crippen LogP contribution is 2.42. The number of benzene rings is 3. The van der Waals surface area contributed by atoms with E-state index in [1.165, 1.54) is 16.4 Å². The summed E-state index contributed by atoms with van der Waals surface area (Å²) in [6.45, 7) is 1.59. The highest BCUT2D eigenvalue weighted by molar-refractivity contribution is 7.92. The molecule has 0 aromatic heterocycles. The summed E-state index contributed by atoms with van der Waals surface area (Å²) in [5, 5.41) is 9.53. The molecule has 0 bridgehead atoms. The maximum atomic E-state index is 14.3. The molecule has 0 aliphatic carbocycles. The number of ether oxygens (including phenoxy) is 1. The summed E-state index contributed by atoms with van der Waals surface area (Å²) in [5.74, 6) is -2.08. The van der Waals surface area contributed by atoms with Gasteiger partial charge in [-0.3, -0.25) is 14.0 Å². The van der Waals surface area contributed by atoms with Crippen molar-refractivity contribution in [2.24, 2.45) is 0 Å². The van der Waals surface area contributed by atoms with Crippen LogP contribution in [0.2, 0.25) is 0 Å². The van der Waals surface area contributed by atoms with Crippen molar-refractivity contribution in [3.05, 3.63) is 72.0 Å². The quantitative estimate of drug-likeness (QED) is 0.441. The van der Waals surface area contributed by atoms with Gasteiger partial charge in [0.05, 0.1) is 28.9 Å². The number of alkyl halides is 2. The Kier molecular flexibility index (Phi) is 7.40. The third-order valence-corrected chi connectivity index (χ3v) is 9.13. The number of hydrogen-bond acceptors (Lipinski definition) is 6. The highest BCUT2D eigenvalue weighted by Gasteiger charge is 2.41. The molecule has 0 amide bonds. The second kappa shape index (κ2) is 10.7. The number of hydrogen-bond donors (Lipinski definition) is 1. The number of halogens is 3. The number of anilines is 2. The van der Waals surface area contributed by atoms with E-state index in [2.05, 4.69) is 9.64 Å². The van der Waals surface area contributed by atoms with Crippen LogP contribution in [-0.2, 0) is 14.8 Å². The van der Waals surface area contributed by atoms with Crippen molar-refractivity contribution in [2.45, 2.75) is 37.4 Å². The Morgan fingerprint density at radius 1 is 1.00 bits per heavy atom. The largest absolute Gasteiger partial charge is 0.480 e. The topological polar surface area (TPSA) is 90.4 Å². The number of aryl methyl sites for hydroxylation is 1. The molecule has 0 radical (unpaired) electrons. The number of sulfonamides is 1. The van der Waals surface area contributed by atoms with Gasteiger partial charge in [-0.25, -0.2) is 12.8 Å². The van der Waals surface area contributed by atoms with Gasteiger partial charge in [0.25, 0.3) is 10.0 Å². The molecule has 0 saturated carbocycles. The van der Waals surface area contributed by atoms with Crippen molar-refractivity contribution in [1.82, 2.24) is 4.90 Å². The summed E-state index contributed by atoms with van der Waals surface area (Å²) >= 11 is 0. The molecule has 212 valence electrons. The van der Waals surface area contributed by atoms with Crippen LogP contribution in [0.4, 0.5) is 24.5 Å². The Labute approximate surface area is 230 Å². The second-order valence-corrected chi connectivity index (χ2v) is 11.8. The van der Waals surface area contributed by atoms with Gasteiger partial charge in [-0.05, 0) is 66.9 Å². The van der Waals surface area contributed by atoms with E-state index in [0.717, 1.165) is 17.7 Å². The number of fused-ring (bicyclic) bond motifs is 3. The van der Waals surface area contributed by atoms with Gasteiger partial charge in [0, 0.05) is 25.7 Å². The predicted molar refractivity (Wildman–Crippen MR) is 144 cm³/mol. The molecule has 8 nitrogen and oxygen atoms in total. The maximum Gasteiger partial charge on any atom is 0.387 e. The number of rotatable bonds is 7. The molecule has 0 unspecified atom stereocenters. The Bertz CT molecular complexity index is 1550. The third kappa shape index (κ3) is 5.33. The van der Waals surface area contributed by atoms with Crippen LogP contribution in [0.25, 0.3) is 11.1 Å². The lowest BCUT2D eigenvalue weighted by Gasteiger charge is -2.49. The third-order valence-electron chi connectivity index (χ3n) is 7.36. The summed E-state index contributed by atoms with van der Waals surface area (Å²) in [5.41, 5.74) is 2.40. The first kappa shape index (κ1) is 27.8. The van der Waals surface area contributed by atoms with Crippen molar-refractivity contribution < 1.29 is 36.2 Å². The van der Waals surface area contributed by atoms with E-state index < -0.39 is 34.5 Å². The number of carboxylic acids is 1. The van der Waals surface area contributed by atoms with Crippen molar-refractivity contribution in [2.75, 3.05) is 35.4 Å². The first-order valence-electron chi connectivity index (χ1n) is 12.7. The first-order chi connectivity index (χ1) is 18.9. The lowest BCUT2D eigenvalue weighted by molar-refractivity contribution is -0.142.